The van der Waals surface area contributed by atoms with Crippen LogP contribution in [-0.4, -0.2) is 34.9 Å². The van der Waals surface area contributed by atoms with E-state index in [0.717, 1.165) is 18.2 Å². The van der Waals surface area contributed by atoms with Crippen LogP contribution in [0.1, 0.15) is 6.42 Å². The highest BCUT2D eigenvalue weighted by molar-refractivity contribution is 5.92. The van der Waals surface area contributed by atoms with Crippen LogP contribution >= 0.6 is 0 Å². The number of nitrogens with one attached hydrogen (secondary N) is 2. The fourth-order valence-electron chi connectivity index (χ4n) is 1.30. The number of halogens is 2. The lowest BCUT2D eigenvalue weighted by Crippen LogP contribution is -2.43. The topological polar surface area (TPSA) is 98.7 Å². The number of amides is 2. The van der Waals surface area contributed by atoms with Gasteiger partial charge in [0.15, 0.2) is 0 Å². The summed E-state index contributed by atoms with van der Waals surface area (Å²) in [6.45, 7) is -0.439. The number of carbonyl (C=O) groups is 2. The SMILES string of the molecule is O=C(Nc1cc(F)ccc1F)N[C@H](CCO)C(=O)O. The molecule has 1 rings (SSSR count). The monoisotopic (exact) mass is 274 g/mol. The van der Waals surface area contributed by atoms with Crippen molar-refractivity contribution in [2.24, 2.45) is 0 Å². The number of anilines is 1. The molecule has 0 heterocycles. The molecule has 0 unspecified atom stereocenters. The van der Waals surface area contributed by atoms with Gasteiger partial charge in [-0.15, -0.1) is 0 Å². The van der Waals surface area contributed by atoms with Gasteiger partial charge in [0.1, 0.15) is 17.7 Å². The van der Waals surface area contributed by atoms with Crippen LogP contribution in [0.2, 0.25) is 0 Å². The Morgan fingerprint density at radius 3 is 2.58 bits per heavy atom. The molecule has 0 fully saturated rings. The lowest BCUT2D eigenvalue weighted by Gasteiger charge is -2.14. The van der Waals surface area contributed by atoms with Crippen molar-refractivity contribution in [2.75, 3.05) is 11.9 Å². The average molecular weight is 274 g/mol. The molecule has 1 aromatic rings. The summed E-state index contributed by atoms with van der Waals surface area (Å²) >= 11 is 0. The van der Waals surface area contributed by atoms with Crippen molar-refractivity contribution < 1.29 is 28.6 Å². The van der Waals surface area contributed by atoms with E-state index in [4.69, 9.17) is 10.2 Å². The van der Waals surface area contributed by atoms with Gasteiger partial charge in [-0.2, -0.15) is 0 Å². The zero-order chi connectivity index (χ0) is 14.4. The van der Waals surface area contributed by atoms with Gasteiger partial charge < -0.3 is 20.8 Å². The van der Waals surface area contributed by atoms with E-state index in [2.05, 4.69) is 0 Å². The molecule has 0 aliphatic carbocycles. The number of urea groups is 1. The van der Waals surface area contributed by atoms with Gasteiger partial charge in [0.05, 0.1) is 5.69 Å². The summed E-state index contributed by atoms with van der Waals surface area (Å²) in [5.41, 5.74) is -0.411. The van der Waals surface area contributed by atoms with E-state index in [1.807, 2.05) is 10.6 Å². The zero-order valence-corrected chi connectivity index (χ0v) is 9.69. The van der Waals surface area contributed by atoms with Crippen molar-refractivity contribution in [3.63, 3.8) is 0 Å². The Bertz CT molecular complexity index is 482. The fraction of sp³-hybridized carbons (Fsp3) is 0.273. The van der Waals surface area contributed by atoms with Crippen molar-refractivity contribution in [3.05, 3.63) is 29.8 Å². The molecule has 0 spiro atoms. The van der Waals surface area contributed by atoms with Crippen molar-refractivity contribution >= 4 is 17.7 Å². The number of carboxylic acid groups (broad SMARTS) is 1. The highest BCUT2D eigenvalue weighted by Crippen LogP contribution is 2.14. The van der Waals surface area contributed by atoms with Gasteiger partial charge in [0.25, 0.3) is 0 Å². The number of hydrogen-bond donors (Lipinski definition) is 4. The molecule has 0 saturated heterocycles. The maximum atomic E-state index is 13.2. The number of benzene rings is 1. The van der Waals surface area contributed by atoms with Crippen LogP contribution < -0.4 is 10.6 Å². The van der Waals surface area contributed by atoms with Crippen LogP contribution in [0.4, 0.5) is 19.3 Å². The Labute approximate surface area is 107 Å². The van der Waals surface area contributed by atoms with Crippen LogP contribution in [0.3, 0.4) is 0 Å². The second kappa shape index (κ2) is 6.64. The molecule has 2 amide bonds. The Hall–Kier alpha value is -2.22. The van der Waals surface area contributed by atoms with Crippen LogP contribution in [0.15, 0.2) is 18.2 Å². The molecule has 0 aromatic heterocycles. The smallest absolute Gasteiger partial charge is 0.326 e. The molecule has 0 saturated carbocycles. The van der Waals surface area contributed by atoms with Crippen LogP contribution in [0.25, 0.3) is 0 Å². The largest absolute Gasteiger partial charge is 0.480 e. The highest BCUT2D eigenvalue weighted by atomic mass is 19.1. The van der Waals surface area contributed by atoms with E-state index in [9.17, 15) is 18.4 Å². The van der Waals surface area contributed by atoms with Gasteiger partial charge in [-0.05, 0) is 12.1 Å². The highest BCUT2D eigenvalue weighted by Gasteiger charge is 2.19. The molecule has 0 aliphatic heterocycles. The van der Waals surface area contributed by atoms with E-state index in [-0.39, 0.29) is 6.42 Å². The third-order valence-corrected chi connectivity index (χ3v) is 2.20. The van der Waals surface area contributed by atoms with E-state index >= 15 is 0 Å². The maximum absolute atomic E-state index is 13.2. The van der Waals surface area contributed by atoms with Crippen molar-refractivity contribution in [3.8, 4) is 0 Å². The average Bonchev–Trinajstić information content (AvgIpc) is 2.33. The fourth-order valence-corrected chi connectivity index (χ4v) is 1.30. The van der Waals surface area contributed by atoms with E-state index < -0.39 is 42.0 Å². The van der Waals surface area contributed by atoms with Gasteiger partial charge >= 0.3 is 12.0 Å². The molecule has 6 nitrogen and oxygen atoms in total. The quantitative estimate of drug-likeness (QED) is 0.641. The lowest BCUT2D eigenvalue weighted by atomic mass is 10.2. The van der Waals surface area contributed by atoms with Gasteiger partial charge in [-0.1, -0.05) is 0 Å². The Morgan fingerprint density at radius 1 is 1.32 bits per heavy atom. The lowest BCUT2D eigenvalue weighted by molar-refractivity contribution is -0.139. The second-order valence-electron chi connectivity index (χ2n) is 3.63. The van der Waals surface area contributed by atoms with Crippen LogP contribution in [0.5, 0.6) is 0 Å². The molecular weight excluding hydrogens is 262 g/mol. The first kappa shape index (κ1) is 14.8. The molecular formula is C11H12F2N2O4. The Balaban J connectivity index is 2.68. The first-order chi connectivity index (χ1) is 8.93. The summed E-state index contributed by atoms with van der Waals surface area (Å²) in [5.74, 6) is -2.95. The number of carbonyl (C=O) groups excluding carboxylic acids is 1. The first-order valence-corrected chi connectivity index (χ1v) is 5.30. The Morgan fingerprint density at radius 2 is 2.00 bits per heavy atom. The third-order valence-electron chi connectivity index (χ3n) is 2.20. The number of rotatable bonds is 5. The number of aliphatic hydroxyl groups excluding tert-OH is 1. The molecule has 0 bridgehead atoms. The van der Waals surface area contributed by atoms with E-state index in [1.165, 1.54) is 0 Å². The Kier molecular flexibility index (Phi) is 5.19. The molecule has 1 aromatic carbocycles. The normalized spacial score (nSPS) is 11.7. The first-order valence-electron chi connectivity index (χ1n) is 5.30. The number of aliphatic carboxylic acids is 1. The predicted molar refractivity (Wildman–Crippen MR) is 61.6 cm³/mol. The molecule has 8 heteroatoms. The van der Waals surface area contributed by atoms with Crippen LogP contribution in [-0.2, 0) is 4.79 Å². The number of hydrogen-bond acceptors (Lipinski definition) is 3. The molecule has 1 atom stereocenters. The summed E-state index contributed by atoms with van der Waals surface area (Å²) in [5, 5.41) is 21.4. The molecule has 19 heavy (non-hydrogen) atoms. The summed E-state index contributed by atoms with van der Waals surface area (Å²) < 4.78 is 26.1. The third kappa shape index (κ3) is 4.51. The van der Waals surface area contributed by atoms with Crippen molar-refractivity contribution in [1.82, 2.24) is 5.32 Å². The number of carboxylic acids is 1. The van der Waals surface area contributed by atoms with E-state index in [1.54, 1.807) is 0 Å². The molecule has 104 valence electrons. The standard InChI is InChI=1S/C11H12F2N2O4/c12-6-1-2-7(13)9(5-6)15-11(19)14-8(3-4-16)10(17)18/h1-2,5,8,16H,3-4H2,(H,17,18)(H2,14,15,19)/t8-/m1/s1. The van der Waals surface area contributed by atoms with Crippen molar-refractivity contribution in [2.45, 2.75) is 12.5 Å². The minimum absolute atomic E-state index is 0.200. The number of aliphatic hydroxyl groups is 1. The van der Waals surface area contributed by atoms with E-state index in [0.29, 0.717) is 0 Å². The van der Waals surface area contributed by atoms with Gasteiger partial charge in [0, 0.05) is 19.1 Å². The van der Waals surface area contributed by atoms with Gasteiger partial charge in [0.2, 0.25) is 0 Å². The molecule has 0 aliphatic rings. The summed E-state index contributed by atoms with van der Waals surface area (Å²) in [6.07, 6.45) is -0.200. The molecule has 4 N–H and O–H groups in total. The summed E-state index contributed by atoms with van der Waals surface area (Å²) in [6, 6.07) is 0.140. The predicted octanol–water partition coefficient (Wildman–Crippen LogP) is 0.922. The van der Waals surface area contributed by atoms with Gasteiger partial charge in [-0.25, -0.2) is 18.4 Å². The summed E-state index contributed by atoms with van der Waals surface area (Å²) in [4.78, 5) is 22.1. The van der Waals surface area contributed by atoms with Gasteiger partial charge in [-0.3, -0.25) is 0 Å². The minimum Gasteiger partial charge on any atom is -0.480 e. The van der Waals surface area contributed by atoms with Crippen LogP contribution in [0, 0.1) is 11.6 Å². The zero-order valence-electron chi connectivity index (χ0n) is 9.69. The van der Waals surface area contributed by atoms with Crippen molar-refractivity contribution in [1.29, 1.82) is 0 Å². The molecule has 0 radical (unpaired) electrons. The summed E-state index contributed by atoms with van der Waals surface area (Å²) in [7, 11) is 0. The minimum atomic E-state index is -1.34. The second-order valence-corrected chi connectivity index (χ2v) is 3.63. The maximum Gasteiger partial charge on any atom is 0.326 e.